The second-order valence-corrected chi connectivity index (χ2v) is 9.40. The summed E-state index contributed by atoms with van der Waals surface area (Å²) in [4.78, 5) is 22.0. The van der Waals surface area contributed by atoms with Gasteiger partial charge >= 0.3 is 0 Å². The molecular formula is C22H20ClF2N3OS2. The number of amides is 1. The van der Waals surface area contributed by atoms with Gasteiger partial charge in [0.15, 0.2) is 10.9 Å². The Bertz CT molecular complexity index is 1250. The Labute approximate surface area is 191 Å². The smallest absolute Gasteiger partial charge is 0.271 e. The fraction of sp³-hybridized carbons (Fsp3) is 0.273. The van der Waals surface area contributed by atoms with E-state index in [0.717, 1.165) is 40.6 Å². The van der Waals surface area contributed by atoms with Crippen molar-refractivity contribution in [1.29, 1.82) is 0 Å². The molecule has 2 aromatic heterocycles. The highest BCUT2D eigenvalue weighted by Gasteiger charge is 2.27. The Balaban J connectivity index is 1.77. The van der Waals surface area contributed by atoms with Crippen molar-refractivity contribution < 1.29 is 13.6 Å². The number of halogens is 3. The molecule has 4 rings (SSSR count). The Morgan fingerprint density at radius 1 is 1.06 bits per heavy atom. The SMILES string of the molecule is CCN(CC)CCN(C(=O)c1sc2ccccc2c1Cl)c1nc2c(F)cc(F)cc2s1. The number of anilines is 1. The molecule has 0 bridgehead atoms. The molecule has 2 aromatic carbocycles. The molecule has 4 nitrogen and oxygen atoms in total. The van der Waals surface area contributed by atoms with Crippen LogP contribution < -0.4 is 4.90 Å². The summed E-state index contributed by atoms with van der Waals surface area (Å²) in [5.74, 6) is -1.71. The van der Waals surface area contributed by atoms with Gasteiger partial charge in [-0.3, -0.25) is 9.69 Å². The Morgan fingerprint density at radius 2 is 1.81 bits per heavy atom. The lowest BCUT2D eigenvalue weighted by Gasteiger charge is -2.24. The number of rotatable bonds is 7. The molecule has 0 spiro atoms. The molecular weight excluding hydrogens is 460 g/mol. The molecule has 31 heavy (non-hydrogen) atoms. The van der Waals surface area contributed by atoms with Crippen molar-refractivity contribution in [2.45, 2.75) is 13.8 Å². The van der Waals surface area contributed by atoms with E-state index in [1.54, 1.807) is 0 Å². The zero-order chi connectivity index (χ0) is 22.1. The van der Waals surface area contributed by atoms with Crippen LogP contribution in [0, 0.1) is 11.6 Å². The lowest BCUT2D eigenvalue weighted by atomic mass is 10.2. The largest absolute Gasteiger partial charge is 0.302 e. The van der Waals surface area contributed by atoms with Crippen molar-refractivity contribution in [3.05, 3.63) is 57.9 Å². The van der Waals surface area contributed by atoms with Gasteiger partial charge in [-0.05, 0) is 25.2 Å². The molecule has 0 saturated carbocycles. The van der Waals surface area contributed by atoms with E-state index in [4.69, 9.17) is 11.6 Å². The number of carbonyl (C=O) groups excluding carboxylic acids is 1. The molecule has 0 radical (unpaired) electrons. The van der Waals surface area contributed by atoms with Gasteiger partial charge in [0.2, 0.25) is 0 Å². The quantitative estimate of drug-likeness (QED) is 0.306. The molecule has 162 valence electrons. The van der Waals surface area contributed by atoms with Crippen molar-refractivity contribution in [3.8, 4) is 0 Å². The monoisotopic (exact) mass is 479 g/mol. The van der Waals surface area contributed by atoms with Crippen molar-refractivity contribution in [2.75, 3.05) is 31.1 Å². The van der Waals surface area contributed by atoms with Crippen molar-refractivity contribution in [3.63, 3.8) is 0 Å². The summed E-state index contributed by atoms with van der Waals surface area (Å²) in [7, 11) is 0. The number of likely N-dealkylation sites (N-methyl/N-ethyl adjacent to an activating group) is 1. The summed E-state index contributed by atoms with van der Waals surface area (Å²) in [6.45, 7) is 6.75. The Morgan fingerprint density at radius 3 is 2.52 bits per heavy atom. The molecule has 0 unspecified atom stereocenters. The number of nitrogens with zero attached hydrogens (tertiary/aromatic N) is 3. The molecule has 0 aliphatic carbocycles. The van der Waals surface area contributed by atoms with E-state index in [9.17, 15) is 13.6 Å². The van der Waals surface area contributed by atoms with Crippen molar-refractivity contribution in [2.24, 2.45) is 0 Å². The highest BCUT2D eigenvalue weighted by Crippen LogP contribution is 2.38. The van der Waals surface area contributed by atoms with E-state index in [2.05, 4.69) is 9.88 Å². The van der Waals surface area contributed by atoms with Crippen LogP contribution in [-0.4, -0.2) is 42.0 Å². The van der Waals surface area contributed by atoms with E-state index in [-0.39, 0.29) is 11.4 Å². The van der Waals surface area contributed by atoms with E-state index in [1.165, 1.54) is 22.3 Å². The summed E-state index contributed by atoms with van der Waals surface area (Å²) in [6.07, 6.45) is 0. The van der Waals surface area contributed by atoms with E-state index < -0.39 is 11.6 Å². The topological polar surface area (TPSA) is 36.4 Å². The van der Waals surface area contributed by atoms with Gasteiger partial charge in [-0.2, -0.15) is 0 Å². The number of hydrogen-bond acceptors (Lipinski definition) is 5. The van der Waals surface area contributed by atoms with Gasteiger partial charge in [0.25, 0.3) is 5.91 Å². The lowest BCUT2D eigenvalue weighted by molar-refractivity contribution is 0.0988. The Kier molecular flexibility index (Phi) is 6.52. The molecule has 2 heterocycles. The maximum Gasteiger partial charge on any atom is 0.271 e. The molecule has 0 N–H and O–H groups in total. The average Bonchev–Trinajstić information content (AvgIpc) is 3.32. The summed E-state index contributed by atoms with van der Waals surface area (Å²) in [5.41, 5.74) is 0.0597. The minimum Gasteiger partial charge on any atom is -0.302 e. The fourth-order valence-corrected chi connectivity index (χ4v) is 5.89. The predicted octanol–water partition coefficient (Wildman–Crippen LogP) is 6.43. The normalized spacial score (nSPS) is 11.7. The van der Waals surface area contributed by atoms with Gasteiger partial charge in [-0.25, -0.2) is 13.8 Å². The summed E-state index contributed by atoms with van der Waals surface area (Å²) in [6, 6.07) is 9.60. The minimum atomic E-state index is -0.742. The predicted molar refractivity (Wildman–Crippen MR) is 126 cm³/mol. The van der Waals surface area contributed by atoms with Crippen molar-refractivity contribution in [1.82, 2.24) is 9.88 Å². The summed E-state index contributed by atoms with van der Waals surface area (Å²) >= 11 is 8.96. The number of thiophene rings is 1. The number of fused-ring (bicyclic) bond motifs is 2. The Hall–Kier alpha value is -2.13. The highest BCUT2D eigenvalue weighted by atomic mass is 35.5. The molecule has 0 aliphatic rings. The third-order valence-electron chi connectivity index (χ3n) is 5.14. The second-order valence-electron chi connectivity index (χ2n) is 6.96. The first kappa shape index (κ1) is 22.1. The standard InChI is InChI=1S/C22H20ClF2N3OS2/c1-3-27(4-2)9-10-28(22-26-19-15(25)11-13(24)12-17(19)31-22)21(29)20-18(23)14-7-5-6-8-16(14)30-20/h5-8,11-12H,3-4,9-10H2,1-2H3. The van der Waals surface area contributed by atoms with E-state index in [1.807, 2.05) is 38.1 Å². The molecule has 0 atom stereocenters. The average molecular weight is 480 g/mol. The minimum absolute atomic E-state index is 0.0597. The molecule has 0 aliphatic heterocycles. The van der Waals surface area contributed by atoms with E-state index in [0.29, 0.717) is 32.8 Å². The zero-order valence-corrected chi connectivity index (χ0v) is 19.4. The van der Waals surface area contributed by atoms with Crippen LogP contribution >= 0.6 is 34.3 Å². The fourth-order valence-electron chi connectivity index (χ4n) is 3.40. The van der Waals surface area contributed by atoms with E-state index >= 15 is 0 Å². The van der Waals surface area contributed by atoms with Gasteiger partial charge in [0.05, 0.1) is 9.72 Å². The van der Waals surface area contributed by atoms with Crippen LogP contribution in [0.2, 0.25) is 5.02 Å². The number of carbonyl (C=O) groups is 1. The number of aromatic nitrogens is 1. The van der Waals surface area contributed by atoms with Crippen molar-refractivity contribution >= 4 is 65.6 Å². The number of hydrogen-bond donors (Lipinski definition) is 0. The van der Waals surface area contributed by atoms with Gasteiger partial charge in [0, 0.05) is 29.2 Å². The maximum absolute atomic E-state index is 14.2. The van der Waals surface area contributed by atoms with Crippen LogP contribution in [0.4, 0.5) is 13.9 Å². The molecule has 0 saturated heterocycles. The molecule has 0 fully saturated rings. The van der Waals surface area contributed by atoms with Crippen LogP contribution in [0.25, 0.3) is 20.3 Å². The summed E-state index contributed by atoms with van der Waals surface area (Å²) < 4.78 is 29.2. The zero-order valence-electron chi connectivity index (χ0n) is 17.0. The summed E-state index contributed by atoms with van der Waals surface area (Å²) in [5, 5.41) is 1.54. The lowest BCUT2D eigenvalue weighted by Crippen LogP contribution is -2.38. The van der Waals surface area contributed by atoms with Gasteiger partial charge in [-0.1, -0.05) is 55.0 Å². The first-order valence-corrected chi connectivity index (χ1v) is 11.9. The van der Waals surface area contributed by atoms with Crippen LogP contribution in [0.5, 0.6) is 0 Å². The van der Waals surface area contributed by atoms with Crippen LogP contribution in [0.15, 0.2) is 36.4 Å². The van der Waals surface area contributed by atoms with Crippen LogP contribution in [-0.2, 0) is 0 Å². The second kappa shape index (κ2) is 9.16. The van der Waals surface area contributed by atoms with Gasteiger partial charge < -0.3 is 4.90 Å². The number of thiazole rings is 1. The third kappa shape index (κ3) is 4.30. The molecule has 9 heteroatoms. The van der Waals surface area contributed by atoms with Gasteiger partial charge in [-0.15, -0.1) is 11.3 Å². The van der Waals surface area contributed by atoms with Gasteiger partial charge in [0.1, 0.15) is 16.2 Å². The third-order valence-corrected chi connectivity index (χ3v) is 7.83. The first-order valence-electron chi connectivity index (χ1n) is 9.89. The highest BCUT2D eigenvalue weighted by molar-refractivity contribution is 7.23. The number of benzene rings is 2. The molecule has 1 amide bonds. The van der Waals surface area contributed by atoms with Crippen LogP contribution in [0.3, 0.4) is 0 Å². The molecule has 4 aromatic rings. The first-order chi connectivity index (χ1) is 14.9. The van der Waals surface area contributed by atoms with Crippen LogP contribution in [0.1, 0.15) is 23.5 Å². The maximum atomic E-state index is 14.2.